The van der Waals surface area contributed by atoms with Crippen molar-refractivity contribution >= 4 is 34.2 Å². The molecule has 0 aliphatic rings. The Balaban J connectivity index is 2.10. The molecule has 4 heteroatoms. The first kappa shape index (κ1) is 14.0. The maximum atomic E-state index is 11.9. The zero-order chi connectivity index (χ0) is 13.8. The van der Waals surface area contributed by atoms with Crippen molar-refractivity contribution in [1.82, 2.24) is 0 Å². The summed E-state index contributed by atoms with van der Waals surface area (Å²) in [6.07, 6.45) is -1.15. The van der Waals surface area contributed by atoms with E-state index < -0.39 is 12.0 Å². The number of halogens is 1. The molecule has 1 unspecified atom stereocenters. The molecular weight excluding hydrogens is 353 g/mol. The average Bonchev–Trinajstić information content (AvgIpc) is 2.43. The van der Waals surface area contributed by atoms with E-state index in [0.717, 1.165) is 9.13 Å². The predicted molar refractivity (Wildman–Crippen MR) is 83.9 cm³/mol. The van der Waals surface area contributed by atoms with E-state index in [2.05, 4.69) is 27.9 Å². The lowest BCUT2D eigenvalue weighted by molar-refractivity contribution is -0.124. The van der Waals surface area contributed by atoms with Crippen LogP contribution in [0.3, 0.4) is 0 Å². The molecule has 0 bridgehead atoms. The monoisotopic (exact) mass is 367 g/mol. The molecule has 0 saturated carbocycles. The first-order valence-electron chi connectivity index (χ1n) is 5.88. The van der Waals surface area contributed by atoms with Crippen LogP contribution < -0.4 is 5.32 Å². The van der Waals surface area contributed by atoms with Crippen LogP contribution in [-0.4, -0.2) is 11.0 Å². The molecule has 1 atom stereocenters. The summed E-state index contributed by atoms with van der Waals surface area (Å²) in [5, 5.41) is 12.7. The van der Waals surface area contributed by atoms with E-state index in [0.29, 0.717) is 11.3 Å². The van der Waals surface area contributed by atoms with Gasteiger partial charge in [-0.25, -0.2) is 0 Å². The number of aliphatic hydroxyl groups excluding tert-OH is 1. The molecule has 0 aromatic heterocycles. The number of benzene rings is 2. The number of aryl methyl sites for hydroxylation is 1. The Morgan fingerprint density at radius 1 is 1.21 bits per heavy atom. The van der Waals surface area contributed by atoms with E-state index >= 15 is 0 Å². The van der Waals surface area contributed by atoms with E-state index in [9.17, 15) is 9.90 Å². The van der Waals surface area contributed by atoms with Crippen LogP contribution in [-0.2, 0) is 4.79 Å². The van der Waals surface area contributed by atoms with Crippen molar-refractivity contribution in [2.45, 2.75) is 13.0 Å². The molecule has 0 saturated heterocycles. The summed E-state index contributed by atoms with van der Waals surface area (Å²) in [4.78, 5) is 11.9. The van der Waals surface area contributed by atoms with Gasteiger partial charge in [-0.15, -0.1) is 0 Å². The fourth-order valence-electron chi connectivity index (χ4n) is 1.67. The zero-order valence-corrected chi connectivity index (χ0v) is 12.6. The number of amides is 1. The third kappa shape index (κ3) is 3.54. The number of hydrogen-bond donors (Lipinski definition) is 2. The second kappa shape index (κ2) is 6.16. The van der Waals surface area contributed by atoms with E-state index in [1.54, 1.807) is 24.3 Å². The smallest absolute Gasteiger partial charge is 0.257 e. The Bertz CT molecular complexity index is 584. The number of rotatable bonds is 3. The molecule has 2 aromatic carbocycles. The highest BCUT2D eigenvalue weighted by atomic mass is 127. The molecule has 0 heterocycles. The van der Waals surface area contributed by atoms with Gasteiger partial charge in [-0.2, -0.15) is 0 Å². The minimum Gasteiger partial charge on any atom is -0.378 e. The van der Waals surface area contributed by atoms with Gasteiger partial charge in [0.15, 0.2) is 6.10 Å². The van der Waals surface area contributed by atoms with Gasteiger partial charge in [0.1, 0.15) is 0 Å². The summed E-state index contributed by atoms with van der Waals surface area (Å²) in [5.74, 6) is -0.425. The Hall–Kier alpha value is -1.40. The van der Waals surface area contributed by atoms with Crippen LogP contribution in [0.15, 0.2) is 48.5 Å². The molecule has 98 valence electrons. The molecular formula is C15H14INO2. The van der Waals surface area contributed by atoms with Crippen molar-refractivity contribution in [3.05, 3.63) is 63.2 Å². The second-order valence-electron chi connectivity index (χ2n) is 4.27. The highest BCUT2D eigenvalue weighted by Gasteiger charge is 2.17. The topological polar surface area (TPSA) is 49.3 Å². The summed E-state index contributed by atoms with van der Waals surface area (Å²) in [5.41, 5.74) is 2.43. The quantitative estimate of drug-likeness (QED) is 0.819. The number of carbonyl (C=O) groups excluding carboxylic acids is 1. The van der Waals surface area contributed by atoms with Gasteiger partial charge in [0.25, 0.3) is 5.91 Å². The lowest BCUT2D eigenvalue weighted by Gasteiger charge is -2.12. The normalized spacial score (nSPS) is 11.9. The summed E-state index contributed by atoms with van der Waals surface area (Å²) >= 11 is 2.21. The van der Waals surface area contributed by atoms with Gasteiger partial charge in [0.2, 0.25) is 0 Å². The summed E-state index contributed by atoms with van der Waals surface area (Å²) in [7, 11) is 0. The van der Waals surface area contributed by atoms with Crippen LogP contribution in [0.2, 0.25) is 0 Å². The maximum absolute atomic E-state index is 11.9. The largest absolute Gasteiger partial charge is 0.378 e. The minimum atomic E-state index is -1.15. The number of anilines is 1. The Kier molecular flexibility index (Phi) is 4.55. The molecule has 0 radical (unpaired) electrons. The van der Waals surface area contributed by atoms with Crippen LogP contribution in [0, 0.1) is 10.5 Å². The molecule has 19 heavy (non-hydrogen) atoms. The molecule has 2 rings (SSSR count). The number of aliphatic hydroxyl groups is 1. The molecule has 2 N–H and O–H groups in total. The first-order valence-corrected chi connectivity index (χ1v) is 6.96. The Morgan fingerprint density at radius 3 is 2.53 bits per heavy atom. The SMILES string of the molecule is Cc1ccc(NC(=O)C(O)c2ccccc2)cc1I. The molecule has 1 amide bonds. The van der Waals surface area contributed by atoms with Gasteiger partial charge in [-0.1, -0.05) is 36.4 Å². The van der Waals surface area contributed by atoms with Crippen LogP contribution in [0.1, 0.15) is 17.2 Å². The van der Waals surface area contributed by atoms with Crippen molar-refractivity contribution in [3.8, 4) is 0 Å². The minimum absolute atomic E-state index is 0.425. The van der Waals surface area contributed by atoms with Crippen molar-refractivity contribution in [2.24, 2.45) is 0 Å². The van der Waals surface area contributed by atoms with Crippen LogP contribution in [0.5, 0.6) is 0 Å². The van der Waals surface area contributed by atoms with Crippen molar-refractivity contribution < 1.29 is 9.90 Å². The third-order valence-corrected chi connectivity index (χ3v) is 3.97. The fourth-order valence-corrected chi connectivity index (χ4v) is 2.18. The standard InChI is InChI=1S/C15H14INO2/c1-10-7-8-12(9-13(10)16)17-15(19)14(18)11-5-3-2-4-6-11/h2-9,14,18H,1H3,(H,17,19). The van der Waals surface area contributed by atoms with Crippen LogP contribution >= 0.6 is 22.6 Å². The van der Waals surface area contributed by atoms with Gasteiger partial charge in [0.05, 0.1) is 0 Å². The number of carbonyl (C=O) groups is 1. The molecule has 0 spiro atoms. The summed E-state index contributed by atoms with van der Waals surface area (Å²) in [6, 6.07) is 14.5. The zero-order valence-electron chi connectivity index (χ0n) is 10.4. The van der Waals surface area contributed by atoms with Gasteiger partial charge in [-0.05, 0) is 52.8 Å². The van der Waals surface area contributed by atoms with Gasteiger partial charge < -0.3 is 10.4 Å². The van der Waals surface area contributed by atoms with E-state index in [1.807, 2.05) is 31.2 Å². The van der Waals surface area contributed by atoms with Gasteiger partial charge >= 0.3 is 0 Å². The fraction of sp³-hybridized carbons (Fsp3) is 0.133. The van der Waals surface area contributed by atoms with Crippen molar-refractivity contribution in [2.75, 3.05) is 5.32 Å². The number of hydrogen-bond acceptors (Lipinski definition) is 2. The first-order chi connectivity index (χ1) is 9.08. The highest BCUT2D eigenvalue weighted by Crippen LogP contribution is 2.19. The average molecular weight is 367 g/mol. The molecule has 0 fully saturated rings. The maximum Gasteiger partial charge on any atom is 0.257 e. The molecule has 2 aromatic rings. The van der Waals surface area contributed by atoms with Crippen molar-refractivity contribution in [1.29, 1.82) is 0 Å². The van der Waals surface area contributed by atoms with E-state index in [1.165, 1.54) is 0 Å². The molecule has 3 nitrogen and oxygen atoms in total. The van der Waals surface area contributed by atoms with Crippen LogP contribution in [0.4, 0.5) is 5.69 Å². The lowest BCUT2D eigenvalue weighted by atomic mass is 10.1. The summed E-state index contributed by atoms with van der Waals surface area (Å²) < 4.78 is 1.07. The van der Waals surface area contributed by atoms with Gasteiger partial charge in [-0.3, -0.25) is 4.79 Å². The molecule has 0 aliphatic heterocycles. The third-order valence-electron chi connectivity index (χ3n) is 2.80. The predicted octanol–water partition coefficient (Wildman–Crippen LogP) is 3.27. The second-order valence-corrected chi connectivity index (χ2v) is 5.43. The van der Waals surface area contributed by atoms with Gasteiger partial charge in [0, 0.05) is 9.26 Å². The van der Waals surface area contributed by atoms with Crippen molar-refractivity contribution in [3.63, 3.8) is 0 Å². The Labute approximate surface area is 125 Å². The Morgan fingerprint density at radius 2 is 1.89 bits per heavy atom. The highest BCUT2D eigenvalue weighted by molar-refractivity contribution is 14.1. The summed E-state index contributed by atoms with van der Waals surface area (Å²) in [6.45, 7) is 2.01. The van der Waals surface area contributed by atoms with E-state index in [-0.39, 0.29) is 0 Å². The molecule has 0 aliphatic carbocycles. The van der Waals surface area contributed by atoms with Crippen LogP contribution in [0.25, 0.3) is 0 Å². The lowest BCUT2D eigenvalue weighted by Crippen LogP contribution is -2.20. The number of nitrogens with one attached hydrogen (secondary N) is 1. The van der Waals surface area contributed by atoms with E-state index in [4.69, 9.17) is 0 Å².